The molecule has 0 radical (unpaired) electrons. The van der Waals surface area contributed by atoms with Crippen LogP contribution in [0.5, 0.6) is 0 Å². The molecule has 0 aliphatic heterocycles. The van der Waals surface area contributed by atoms with Gasteiger partial charge < -0.3 is 10.4 Å². The summed E-state index contributed by atoms with van der Waals surface area (Å²) in [5.41, 5.74) is -0.790. The van der Waals surface area contributed by atoms with Gasteiger partial charge in [0.2, 0.25) is 5.91 Å². The van der Waals surface area contributed by atoms with E-state index < -0.39 is 29.7 Å². The number of thioether (sulfide) groups is 1. The van der Waals surface area contributed by atoms with E-state index in [1.165, 1.54) is 19.1 Å². The van der Waals surface area contributed by atoms with Crippen LogP contribution in [0, 0.1) is 0 Å². The fourth-order valence-corrected chi connectivity index (χ4v) is 2.02. The van der Waals surface area contributed by atoms with E-state index in [4.69, 9.17) is 5.11 Å². The van der Waals surface area contributed by atoms with Gasteiger partial charge in [0.05, 0.1) is 11.3 Å². The Morgan fingerprint density at radius 2 is 2.05 bits per heavy atom. The molecule has 2 N–H and O–H groups in total. The van der Waals surface area contributed by atoms with Crippen molar-refractivity contribution >= 4 is 23.6 Å². The van der Waals surface area contributed by atoms with Crippen LogP contribution in [0.1, 0.15) is 12.5 Å². The Morgan fingerprint density at radius 1 is 1.40 bits per heavy atom. The molecule has 0 bridgehead atoms. The van der Waals surface area contributed by atoms with Crippen LogP contribution in [-0.4, -0.2) is 28.8 Å². The Bertz CT molecular complexity index is 505. The first-order valence-corrected chi connectivity index (χ1v) is 6.51. The maximum atomic E-state index is 12.5. The SMILES string of the molecule is C[C@@H](NC(=O)CSc1cccc(C(F)(F)F)c1)C(=O)O. The minimum absolute atomic E-state index is 0.154. The molecule has 1 amide bonds. The standard InChI is InChI=1S/C12H12F3NO3S/c1-7(11(18)19)16-10(17)6-20-9-4-2-3-8(5-9)12(13,14)15/h2-5,7H,6H2,1H3,(H,16,17)(H,18,19)/t7-/m1/s1. The average molecular weight is 307 g/mol. The normalized spacial score (nSPS) is 12.8. The first-order valence-electron chi connectivity index (χ1n) is 5.52. The van der Waals surface area contributed by atoms with Crippen LogP contribution in [0.2, 0.25) is 0 Å². The number of hydrogen-bond acceptors (Lipinski definition) is 3. The molecule has 0 spiro atoms. The number of benzene rings is 1. The highest BCUT2D eigenvalue weighted by molar-refractivity contribution is 8.00. The van der Waals surface area contributed by atoms with Crippen LogP contribution >= 0.6 is 11.8 Å². The van der Waals surface area contributed by atoms with Gasteiger partial charge >= 0.3 is 12.1 Å². The average Bonchev–Trinajstić information content (AvgIpc) is 2.35. The maximum Gasteiger partial charge on any atom is 0.416 e. The maximum absolute atomic E-state index is 12.5. The molecule has 0 aliphatic rings. The quantitative estimate of drug-likeness (QED) is 0.820. The van der Waals surface area contributed by atoms with Gasteiger partial charge in [-0.15, -0.1) is 11.8 Å². The molecule has 0 aliphatic carbocycles. The smallest absolute Gasteiger partial charge is 0.416 e. The molecule has 0 aromatic heterocycles. The van der Waals surface area contributed by atoms with E-state index in [2.05, 4.69) is 5.32 Å². The number of halogens is 3. The second-order valence-corrected chi connectivity index (χ2v) is 4.99. The van der Waals surface area contributed by atoms with Crippen molar-refractivity contribution < 1.29 is 27.9 Å². The third kappa shape index (κ3) is 5.12. The summed E-state index contributed by atoms with van der Waals surface area (Å²) in [6.07, 6.45) is -4.43. The molecular formula is C12H12F3NO3S. The molecule has 20 heavy (non-hydrogen) atoms. The number of carbonyl (C=O) groups is 2. The highest BCUT2D eigenvalue weighted by Gasteiger charge is 2.30. The van der Waals surface area contributed by atoms with E-state index in [-0.39, 0.29) is 10.6 Å². The zero-order chi connectivity index (χ0) is 15.3. The largest absolute Gasteiger partial charge is 0.480 e. The lowest BCUT2D eigenvalue weighted by atomic mass is 10.2. The van der Waals surface area contributed by atoms with Crippen LogP contribution in [0.25, 0.3) is 0 Å². The topological polar surface area (TPSA) is 66.4 Å². The van der Waals surface area contributed by atoms with Gasteiger partial charge in [-0.05, 0) is 25.1 Å². The minimum atomic E-state index is -4.43. The summed E-state index contributed by atoms with van der Waals surface area (Å²) < 4.78 is 37.4. The molecule has 0 saturated heterocycles. The van der Waals surface area contributed by atoms with Crippen molar-refractivity contribution in [2.24, 2.45) is 0 Å². The first kappa shape index (κ1) is 16.4. The van der Waals surface area contributed by atoms with E-state index in [9.17, 15) is 22.8 Å². The molecule has 0 unspecified atom stereocenters. The third-order valence-electron chi connectivity index (χ3n) is 2.28. The molecule has 1 rings (SSSR count). The van der Waals surface area contributed by atoms with Gasteiger partial charge in [-0.25, -0.2) is 0 Å². The van der Waals surface area contributed by atoms with Crippen molar-refractivity contribution in [3.05, 3.63) is 29.8 Å². The number of amides is 1. The summed E-state index contributed by atoms with van der Waals surface area (Å²) in [7, 11) is 0. The second kappa shape index (κ2) is 6.65. The molecule has 8 heteroatoms. The number of rotatable bonds is 5. The molecule has 0 saturated carbocycles. The summed E-state index contributed by atoms with van der Waals surface area (Å²) >= 11 is 0.908. The number of hydrogen-bond donors (Lipinski definition) is 2. The highest BCUT2D eigenvalue weighted by atomic mass is 32.2. The zero-order valence-electron chi connectivity index (χ0n) is 10.4. The summed E-state index contributed by atoms with van der Waals surface area (Å²) in [6, 6.07) is 3.55. The van der Waals surface area contributed by atoms with E-state index in [0.29, 0.717) is 0 Å². The van der Waals surface area contributed by atoms with Crippen LogP contribution in [-0.2, 0) is 15.8 Å². The van der Waals surface area contributed by atoms with E-state index >= 15 is 0 Å². The summed E-state index contributed by atoms with van der Waals surface area (Å²) in [5, 5.41) is 10.8. The van der Waals surface area contributed by atoms with Gasteiger partial charge in [-0.3, -0.25) is 9.59 Å². The van der Waals surface area contributed by atoms with Crippen molar-refractivity contribution in [3.63, 3.8) is 0 Å². The van der Waals surface area contributed by atoms with Gasteiger partial charge in [0, 0.05) is 4.90 Å². The molecule has 0 heterocycles. The Balaban J connectivity index is 2.58. The summed E-state index contributed by atoms with van der Waals surface area (Å²) in [4.78, 5) is 22.2. The van der Waals surface area contributed by atoms with Crippen molar-refractivity contribution in [1.29, 1.82) is 0 Å². The Hall–Kier alpha value is -1.70. The first-order chi connectivity index (χ1) is 9.20. The predicted molar refractivity (Wildman–Crippen MR) is 67.4 cm³/mol. The zero-order valence-corrected chi connectivity index (χ0v) is 11.2. The number of carboxylic acids is 1. The number of aliphatic carboxylic acids is 1. The lowest BCUT2D eigenvalue weighted by molar-refractivity contribution is -0.141. The van der Waals surface area contributed by atoms with Gasteiger partial charge in [-0.2, -0.15) is 13.2 Å². The number of carbonyl (C=O) groups excluding carboxylic acids is 1. The van der Waals surface area contributed by atoms with E-state index in [1.807, 2.05) is 0 Å². The molecule has 0 fully saturated rings. The second-order valence-electron chi connectivity index (χ2n) is 3.94. The molecule has 110 valence electrons. The molecule has 4 nitrogen and oxygen atoms in total. The van der Waals surface area contributed by atoms with E-state index in [0.717, 1.165) is 23.9 Å². The summed E-state index contributed by atoms with van der Waals surface area (Å²) in [6.45, 7) is 1.30. The van der Waals surface area contributed by atoms with Crippen LogP contribution in [0.3, 0.4) is 0 Å². The van der Waals surface area contributed by atoms with Gasteiger partial charge in [-0.1, -0.05) is 6.07 Å². The summed E-state index contributed by atoms with van der Waals surface area (Å²) in [5.74, 6) is -1.89. The number of carboxylic acid groups (broad SMARTS) is 1. The Labute approximate surface area is 117 Å². The fourth-order valence-electron chi connectivity index (χ4n) is 1.26. The lowest BCUT2D eigenvalue weighted by Gasteiger charge is -2.10. The predicted octanol–water partition coefficient (Wildman–Crippen LogP) is 2.39. The van der Waals surface area contributed by atoms with Crippen LogP contribution in [0.15, 0.2) is 29.2 Å². The Morgan fingerprint density at radius 3 is 2.60 bits per heavy atom. The minimum Gasteiger partial charge on any atom is -0.480 e. The van der Waals surface area contributed by atoms with Gasteiger partial charge in [0.25, 0.3) is 0 Å². The monoisotopic (exact) mass is 307 g/mol. The Kier molecular flexibility index (Phi) is 5.43. The highest BCUT2D eigenvalue weighted by Crippen LogP contribution is 2.31. The van der Waals surface area contributed by atoms with Crippen LogP contribution in [0.4, 0.5) is 13.2 Å². The molecule has 1 aromatic carbocycles. The number of alkyl halides is 3. The molecular weight excluding hydrogens is 295 g/mol. The third-order valence-corrected chi connectivity index (χ3v) is 3.27. The van der Waals surface area contributed by atoms with Crippen molar-refractivity contribution in [1.82, 2.24) is 5.32 Å². The van der Waals surface area contributed by atoms with Crippen molar-refractivity contribution in [2.45, 2.75) is 24.0 Å². The van der Waals surface area contributed by atoms with Gasteiger partial charge in [0.1, 0.15) is 6.04 Å². The van der Waals surface area contributed by atoms with E-state index in [1.54, 1.807) is 0 Å². The van der Waals surface area contributed by atoms with Crippen LogP contribution < -0.4 is 5.32 Å². The van der Waals surface area contributed by atoms with Crippen molar-refractivity contribution in [3.8, 4) is 0 Å². The molecule has 1 atom stereocenters. The molecule has 1 aromatic rings. The van der Waals surface area contributed by atoms with Crippen molar-refractivity contribution in [2.75, 3.05) is 5.75 Å². The van der Waals surface area contributed by atoms with Gasteiger partial charge in [0.15, 0.2) is 0 Å². The lowest BCUT2D eigenvalue weighted by Crippen LogP contribution is -2.39. The number of nitrogens with one attached hydrogen (secondary N) is 1. The fraction of sp³-hybridized carbons (Fsp3) is 0.333.